The Morgan fingerprint density at radius 3 is 2.37 bits per heavy atom. The minimum atomic E-state index is -0.534. The summed E-state index contributed by atoms with van der Waals surface area (Å²) in [5.41, 5.74) is 0.0431. The van der Waals surface area contributed by atoms with Gasteiger partial charge >= 0.3 is 0 Å². The maximum Gasteiger partial charge on any atom is 0.257 e. The van der Waals surface area contributed by atoms with Crippen LogP contribution in [-0.4, -0.2) is 51.3 Å². The minimum Gasteiger partial charge on any atom is -0.383 e. The van der Waals surface area contributed by atoms with Crippen LogP contribution in [0.3, 0.4) is 0 Å². The van der Waals surface area contributed by atoms with E-state index in [0.29, 0.717) is 30.8 Å². The summed E-state index contributed by atoms with van der Waals surface area (Å²) in [6.07, 6.45) is 0. The molecule has 1 rings (SSSR count). The molecule has 6 heteroatoms. The molecule has 0 unspecified atom stereocenters. The van der Waals surface area contributed by atoms with Gasteiger partial charge in [-0.1, -0.05) is 15.9 Å². The van der Waals surface area contributed by atoms with E-state index in [9.17, 15) is 9.18 Å². The van der Waals surface area contributed by atoms with Gasteiger partial charge in [0.25, 0.3) is 5.91 Å². The highest BCUT2D eigenvalue weighted by Crippen LogP contribution is 2.17. The molecule has 1 aromatic rings. The Bertz CT molecular complexity index is 420. The lowest BCUT2D eigenvalue weighted by atomic mass is 10.2. The van der Waals surface area contributed by atoms with Crippen LogP contribution in [0.15, 0.2) is 22.7 Å². The lowest BCUT2D eigenvalue weighted by Crippen LogP contribution is -2.37. The highest BCUT2D eigenvalue weighted by molar-refractivity contribution is 9.10. The summed E-state index contributed by atoms with van der Waals surface area (Å²) in [6.45, 7) is 1.57. The first-order chi connectivity index (χ1) is 9.10. The van der Waals surface area contributed by atoms with Gasteiger partial charge < -0.3 is 14.4 Å². The minimum absolute atomic E-state index is 0.0431. The Hall–Kier alpha value is -0.980. The number of hydrogen-bond acceptors (Lipinski definition) is 3. The zero-order valence-corrected chi connectivity index (χ0v) is 12.6. The van der Waals surface area contributed by atoms with Crippen molar-refractivity contribution in [2.24, 2.45) is 0 Å². The summed E-state index contributed by atoms with van der Waals surface area (Å²) in [5, 5.41) is 0. The van der Waals surface area contributed by atoms with Crippen molar-refractivity contribution in [3.63, 3.8) is 0 Å². The molecule has 0 bridgehead atoms. The lowest BCUT2D eigenvalue weighted by Gasteiger charge is -2.22. The summed E-state index contributed by atoms with van der Waals surface area (Å²) < 4.78 is 24.3. The van der Waals surface area contributed by atoms with Crippen LogP contribution in [0.5, 0.6) is 0 Å². The number of nitrogens with zero attached hydrogens (tertiary/aromatic N) is 1. The number of hydrogen-bond donors (Lipinski definition) is 0. The van der Waals surface area contributed by atoms with E-state index in [1.807, 2.05) is 0 Å². The third-order valence-corrected chi connectivity index (χ3v) is 3.07. The number of amides is 1. The van der Waals surface area contributed by atoms with Crippen LogP contribution >= 0.6 is 15.9 Å². The predicted molar refractivity (Wildman–Crippen MR) is 73.8 cm³/mol. The number of carbonyl (C=O) groups excluding carboxylic acids is 1. The second-order valence-electron chi connectivity index (χ2n) is 3.90. The molecule has 1 amide bonds. The van der Waals surface area contributed by atoms with Gasteiger partial charge in [-0.15, -0.1) is 0 Å². The average Bonchev–Trinajstić information content (AvgIpc) is 2.41. The molecule has 0 fully saturated rings. The normalized spacial score (nSPS) is 10.5. The largest absolute Gasteiger partial charge is 0.383 e. The van der Waals surface area contributed by atoms with E-state index in [4.69, 9.17) is 9.47 Å². The van der Waals surface area contributed by atoms with Gasteiger partial charge in [0.05, 0.1) is 18.8 Å². The first-order valence-electron chi connectivity index (χ1n) is 5.82. The molecule has 0 saturated heterocycles. The Balaban J connectivity index is 2.87. The molecule has 0 spiro atoms. The monoisotopic (exact) mass is 333 g/mol. The molecule has 0 aliphatic rings. The molecular formula is C13H17BrFNO3. The second kappa shape index (κ2) is 8.24. The summed E-state index contributed by atoms with van der Waals surface area (Å²) in [7, 11) is 3.11. The number of halogens is 2. The first kappa shape index (κ1) is 16.1. The van der Waals surface area contributed by atoms with Crippen molar-refractivity contribution in [1.82, 2.24) is 4.90 Å². The van der Waals surface area contributed by atoms with E-state index in [1.54, 1.807) is 20.3 Å². The summed E-state index contributed by atoms with van der Waals surface area (Å²) in [5.74, 6) is -0.902. The van der Waals surface area contributed by atoms with E-state index in [-0.39, 0.29) is 11.5 Å². The van der Waals surface area contributed by atoms with Crippen molar-refractivity contribution in [1.29, 1.82) is 0 Å². The van der Waals surface area contributed by atoms with E-state index in [0.717, 1.165) is 0 Å². The number of benzene rings is 1. The zero-order valence-electron chi connectivity index (χ0n) is 11.0. The van der Waals surface area contributed by atoms with Gasteiger partial charge in [0.15, 0.2) is 0 Å². The quantitative estimate of drug-likeness (QED) is 0.768. The smallest absolute Gasteiger partial charge is 0.257 e. The third-order valence-electron chi connectivity index (χ3n) is 2.58. The zero-order chi connectivity index (χ0) is 14.3. The van der Waals surface area contributed by atoms with E-state index in [2.05, 4.69) is 15.9 Å². The van der Waals surface area contributed by atoms with Gasteiger partial charge in [-0.05, 0) is 18.2 Å². The summed E-state index contributed by atoms with van der Waals surface area (Å²) in [6, 6.07) is 4.30. The van der Waals surface area contributed by atoms with Crippen LogP contribution in [-0.2, 0) is 9.47 Å². The number of ether oxygens (including phenoxy) is 2. The fraction of sp³-hybridized carbons (Fsp3) is 0.462. The van der Waals surface area contributed by atoms with E-state index < -0.39 is 5.82 Å². The molecule has 0 aliphatic heterocycles. The third kappa shape index (κ3) is 4.89. The van der Waals surface area contributed by atoms with Crippen molar-refractivity contribution in [3.8, 4) is 0 Å². The predicted octanol–water partition coefficient (Wildman–Crippen LogP) is 2.32. The van der Waals surface area contributed by atoms with Crippen molar-refractivity contribution in [2.75, 3.05) is 40.5 Å². The van der Waals surface area contributed by atoms with Gasteiger partial charge in [0, 0.05) is 31.8 Å². The molecule has 0 atom stereocenters. The molecule has 0 N–H and O–H groups in total. The molecule has 0 heterocycles. The van der Waals surface area contributed by atoms with Crippen molar-refractivity contribution < 1.29 is 18.7 Å². The van der Waals surface area contributed by atoms with Crippen molar-refractivity contribution in [2.45, 2.75) is 0 Å². The highest BCUT2D eigenvalue weighted by Gasteiger charge is 2.19. The van der Waals surface area contributed by atoms with Crippen LogP contribution in [0, 0.1) is 5.82 Å². The highest BCUT2D eigenvalue weighted by atomic mass is 79.9. The molecule has 0 saturated carbocycles. The maximum absolute atomic E-state index is 13.7. The Kier molecular flexibility index (Phi) is 6.97. The fourth-order valence-electron chi connectivity index (χ4n) is 1.55. The summed E-state index contributed by atoms with van der Waals surface area (Å²) >= 11 is 3.23. The Labute approximate surface area is 120 Å². The first-order valence-corrected chi connectivity index (χ1v) is 6.61. The molecule has 4 nitrogen and oxygen atoms in total. The maximum atomic E-state index is 13.7. The molecule has 106 valence electrons. The number of rotatable bonds is 7. The SMILES string of the molecule is COCCN(CCOC)C(=O)c1cc(Br)ccc1F. The average molecular weight is 334 g/mol. The molecule has 1 aromatic carbocycles. The lowest BCUT2D eigenvalue weighted by molar-refractivity contribution is 0.0623. The fourth-order valence-corrected chi connectivity index (χ4v) is 1.91. The van der Waals surface area contributed by atoms with Crippen molar-refractivity contribution >= 4 is 21.8 Å². The van der Waals surface area contributed by atoms with E-state index >= 15 is 0 Å². The molecular weight excluding hydrogens is 317 g/mol. The van der Waals surface area contributed by atoms with Gasteiger partial charge in [-0.3, -0.25) is 4.79 Å². The van der Waals surface area contributed by atoms with Gasteiger partial charge in [-0.2, -0.15) is 0 Å². The standard InChI is InChI=1S/C13H17BrFNO3/c1-18-7-5-16(6-8-19-2)13(17)11-9-10(14)3-4-12(11)15/h3-4,9H,5-8H2,1-2H3. The van der Waals surface area contributed by atoms with Crippen molar-refractivity contribution in [3.05, 3.63) is 34.1 Å². The summed E-state index contributed by atoms with van der Waals surface area (Å²) in [4.78, 5) is 13.8. The molecule has 0 aromatic heterocycles. The topological polar surface area (TPSA) is 38.8 Å². The van der Waals surface area contributed by atoms with Gasteiger partial charge in [0.2, 0.25) is 0 Å². The van der Waals surface area contributed by atoms with Crippen LogP contribution in [0.1, 0.15) is 10.4 Å². The number of methoxy groups -OCH3 is 2. The Morgan fingerprint density at radius 2 is 1.84 bits per heavy atom. The van der Waals surface area contributed by atoms with Crippen LogP contribution in [0.4, 0.5) is 4.39 Å². The van der Waals surface area contributed by atoms with Gasteiger partial charge in [0.1, 0.15) is 5.82 Å². The van der Waals surface area contributed by atoms with E-state index in [1.165, 1.54) is 17.0 Å². The van der Waals surface area contributed by atoms with Crippen LogP contribution in [0.25, 0.3) is 0 Å². The molecule has 0 aliphatic carbocycles. The van der Waals surface area contributed by atoms with Gasteiger partial charge in [-0.25, -0.2) is 4.39 Å². The molecule has 0 radical (unpaired) electrons. The number of carbonyl (C=O) groups is 1. The Morgan fingerprint density at radius 1 is 1.26 bits per heavy atom. The van der Waals surface area contributed by atoms with Crippen LogP contribution < -0.4 is 0 Å². The second-order valence-corrected chi connectivity index (χ2v) is 4.82. The van der Waals surface area contributed by atoms with Crippen LogP contribution in [0.2, 0.25) is 0 Å². The molecule has 19 heavy (non-hydrogen) atoms.